The Morgan fingerprint density at radius 1 is 0.960 bits per heavy atom. The Morgan fingerprint density at radius 3 is 2.36 bits per heavy atom. The molecule has 2 N–H and O–H groups in total. The second-order valence-corrected chi connectivity index (χ2v) is 6.14. The van der Waals surface area contributed by atoms with E-state index in [0.717, 1.165) is 11.3 Å². The molecule has 0 aliphatic carbocycles. The summed E-state index contributed by atoms with van der Waals surface area (Å²) in [6.07, 6.45) is -0.591. The molecule has 0 aromatic heterocycles. The Balaban J connectivity index is 1.87. The van der Waals surface area contributed by atoms with E-state index in [2.05, 4.69) is 10.6 Å². The molecule has 1 atom stereocenters. The number of carbonyl (C=O) groups is 2. The zero-order valence-electron chi connectivity index (χ0n) is 14.8. The highest BCUT2D eigenvalue weighted by atomic mass is 16.5. The standard InChI is InChI=1S/C20H24N2O3/c1-14(2)19(23)22-17-9-7-8-16(12-17)13-21-20(24)15(3)25-18-10-5-4-6-11-18/h4-12,14-15H,13H2,1-3H3,(H,21,24)(H,22,23). The van der Waals surface area contributed by atoms with Gasteiger partial charge in [-0.1, -0.05) is 44.2 Å². The first kappa shape index (κ1) is 18.5. The second kappa shape index (κ2) is 8.87. The van der Waals surface area contributed by atoms with Crippen LogP contribution in [-0.4, -0.2) is 17.9 Å². The molecule has 0 aliphatic rings. The molecule has 0 saturated carbocycles. The van der Waals surface area contributed by atoms with Crippen LogP contribution in [0.1, 0.15) is 26.3 Å². The van der Waals surface area contributed by atoms with Gasteiger partial charge >= 0.3 is 0 Å². The SMILES string of the molecule is CC(C)C(=O)Nc1cccc(CNC(=O)C(C)Oc2ccccc2)c1. The van der Waals surface area contributed by atoms with Gasteiger partial charge in [0, 0.05) is 18.2 Å². The van der Waals surface area contributed by atoms with Crippen molar-refractivity contribution in [2.75, 3.05) is 5.32 Å². The van der Waals surface area contributed by atoms with Crippen LogP contribution in [0.25, 0.3) is 0 Å². The zero-order valence-corrected chi connectivity index (χ0v) is 14.8. The third kappa shape index (κ3) is 5.95. The van der Waals surface area contributed by atoms with E-state index in [9.17, 15) is 9.59 Å². The van der Waals surface area contributed by atoms with Crippen molar-refractivity contribution < 1.29 is 14.3 Å². The van der Waals surface area contributed by atoms with Crippen LogP contribution in [0.4, 0.5) is 5.69 Å². The van der Waals surface area contributed by atoms with Crippen LogP contribution >= 0.6 is 0 Å². The fraction of sp³-hybridized carbons (Fsp3) is 0.300. The van der Waals surface area contributed by atoms with Crippen LogP contribution in [0.3, 0.4) is 0 Å². The zero-order chi connectivity index (χ0) is 18.2. The molecule has 2 rings (SSSR count). The number of rotatable bonds is 7. The summed E-state index contributed by atoms with van der Waals surface area (Å²) >= 11 is 0. The van der Waals surface area contributed by atoms with Gasteiger partial charge in [0.25, 0.3) is 5.91 Å². The minimum absolute atomic E-state index is 0.0360. The molecule has 0 aliphatic heterocycles. The summed E-state index contributed by atoms with van der Waals surface area (Å²) in [6, 6.07) is 16.6. The largest absolute Gasteiger partial charge is 0.481 e. The highest BCUT2D eigenvalue weighted by molar-refractivity contribution is 5.92. The highest BCUT2D eigenvalue weighted by Crippen LogP contribution is 2.13. The second-order valence-electron chi connectivity index (χ2n) is 6.14. The van der Waals surface area contributed by atoms with Crippen molar-refractivity contribution in [3.8, 4) is 5.75 Å². The van der Waals surface area contributed by atoms with Crippen molar-refractivity contribution in [3.63, 3.8) is 0 Å². The van der Waals surface area contributed by atoms with Crippen LogP contribution in [0, 0.1) is 5.92 Å². The van der Waals surface area contributed by atoms with Crippen LogP contribution in [0.2, 0.25) is 0 Å². The Morgan fingerprint density at radius 2 is 1.68 bits per heavy atom. The van der Waals surface area contributed by atoms with Crippen LogP contribution in [0.15, 0.2) is 54.6 Å². The van der Waals surface area contributed by atoms with E-state index in [1.165, 1.54) is 0 Å². The average Bonchev–Trinajstić information content (AvgIpc) is 2.60. The minimum Gasteiger partial charge on any atom is -0.481 e. The number of ether oxygens (including phenoxy) is 1. The van der Waals surface area contributed by atoms with Gasteiger partial charge in [-0.05, 0) is 36.8 Å². The molecule has 2 aromatic rings. The molecule has 0 heterocycles. The van der Waals surface area contributed by atoms with E-state index >= 15 is 0 Å². The average molecular weight is 340 g/mol. The van der Waals surface area contributed by atoms with E-state index in [1.54, 1.807) is 6.92 Å². The van der Waals surface area contributed by atoms with Gasteiger partial charge in [-0.2, -0.15) is 0 Å². The first-order valence-corrected chi connectivity index (χ1v) is 8.35. The first-order valence-electron chi connectivity index (χ1n) is 8.35. The van der Waals surface area contributed by atoms with E-state index in [0.29, 0.717) is 12.3 Å². The summed E-state index contributed by atoms with van der Waals surface area (Å²) in [4.78, 5) is 23.9. The molecule has 0 radical (unpaired) electrons. The number of amides is 2. The number of carbonyl (C=O) groups excluding carboxylic acids is 2. The third-order valence-electron chi connectivity index (χ3n) is 3.61. The van der Waals surface area contributed by atoms with Gasteiger partial charge < -0.3 is 15.4 Å². The van der Waals surface area contributed by atoms with E-state index in [4.69, 9.17) is 4.74 Å². The van der Waals surface area contributed by atoms with Crippen molar-refractivity contribution >= 4 is 17.5 Å². The quantitative estimate of drug-likeness (QED) is 0.812. The lowest BCUT2D eigenvalue weighted by Gasteiger charge is -2.15. The molecule has 25 heavy (non-hydrogen) atoms. The molecule has 2 amide bonds. The Hall–Kier alpha value is -2.82. The fourth-order valence-electron chi connectivity index (χ4n) is 2.14. The maximum Gasteiger partial charge on any atom is 0.261 e. The van der Waals surface area contributed by atoms with Crippen molar-refractivity contribution in [1.29, 1.82) is 0 Å². The molecule has 1 unspecified atom stereocenters. The van der Waals surface area contributed by atoms with Crippen LogP contribution in [-0.2, 0) is 16.1 Å². The summed E-state index contributed by atoms with van der Waals surface area (Å²) in [5, 5.41) is 5.69. The summed E-state index contributed by atoms with van der Waals surface area (Å²) in [7, 11) is 0. The lowest BCUT2D eigenvalue weighted by molar-refractivity contribution is -0.127. The summed E-state index contributed by atoms with van der Waals surface area (Å²) in [5.74, 6) is 0.342. The number of anilines is 1. The van der Waals surface area contributed by atoms with Gasteiger partial charge in [-0.3, -0.25) is 9.59 Å². The molecular formula is C20H24N2O3. The van der Waals surface area contributed by atoms with E-state index < -0.39 is 6.10 Å². The maximum absolute atomic E-state index is 12.2. The summed E-state index contributed by atoms with van der Waals surface area (Å²) in [6.45, 7) is 5.76. The smallest absolute Gasteiger partial charge is 0.261 e. The Labute approximate surface area is 148 Å². The van der Waals surface area contributed by atoms with Crippen molar-refractivity contribution in [1.82, 2.24) is 5.32 Å². The lowest BCUT2D eigenvalue weighted by atomic mass is 10.1. The third-order valence-corrected chi connectivity index (χ3v) is 3.61. The topological polar surface area (TPSA) is 67.4 Å². The van der Waals surface area contributed by atoms with Crippen LogP contribution < -0.4 is 15.4 Å². The lowest BCUT2D eigenvalue weighted by Crippen LogP contribution is -2.35. The molecule has 0 spiro atoms. The van der Waals surface area contributed by atoms with Gasteiger partial charge in [0.2, 0.25) is 5.91 Å². The molecule has 0 saturated heterocycles. The minimum atomic E-state index is -0.591. The molecule has 0 fully saturated rings. The van der Waals surface area contributed by atoms with E-state index in [1.807, 2.05) is 68.4 Å². The maximum atomic E-state index is 12.2. The monoisotopic (exact) mass is 340 g/mol. The molecule has 5 nitrogen and oxygen atoms in total. The number of benzene rings is 2. The molecular weight excluding hydrogens is 316 g/mol. The number of hydrogen-bond donors (Lipinski definition) is 2. The first-order chi connectivity index (χ1) is 12.0. The fourth-order valence-corrected chi connectivity index (χ4v) is 2.14. The van der Waals surface area contributed by atoms with Gasteiger partial charge in [-0.25, -0.2) is 0 Å². The summed E-state index contributed by atoms with van der Waals surface area (Å²) in [5.41, 5.74) is 1.63. The van der Waals surface area contributed by atoms with Crippen molar-refractivity contribution in [2.45, 2.75) is 33.4 Å². The summed E-state index contributed by atoms with van der Waals surface area (Å²) < 4.78 is 5.60. The van der Waals surface area contributed by atoms with E-state index in [-0.39, 0.29) is 17.7 Å². The van der Waals surface area contributed by atoms with Crippen molar-refractivity contribution in [2.24, 2.45) is 5.92 Å². The van der Waals surface area contributed by atoms with Gasteiger partial charge in [0.05, 0.1) is 0 Å². The number of nitrogens with one attached hydrogen (secondary N) is 2. The Kier molecular flexibility index (Phi) is 6.57. The number of hydrogen-bond acceptors (Lipinski definition) is 3. The molecule has 132 valence electrons. The van der Waals surface area contributed by atoms with Crippen LogP contribution in [0.5, 0.6) is 5.75 Å². The predicted molar refractivity (Wildman–Crippen MR) is 98.3 cm³/mol. The van der Waals surface area contributed by atoms with Gasteiger partial charge in [0.1, 0.15) is 5.75 Å². The normalized spacial score (nSPS) is 11.7. The van der Waals surface area contributed by atoms with Crippen molar-refractivity contribution in [3.05, 3.63) is 60.2 Å². The van der Waals surface area contributed by atoms with Gasteiger partial charge in [0.15, 0.2) is 6.10 Å². The molecule has 5 heteroatoms. The van der Waals surface area contributed by atoms with Gasteiger partial charge in [-0.15, -0.1) is 0 Å². The number of para-hydroxylation sites is 1. The Bertz CT molecular complexity index is 714. The predicted octanol–water partition coefficient (Wildman–Crippen LogP) is 3.36. The molecule has 0 bridgehead atoms. The molecule has 2 aromatic carbocycles. The highest BCUT2D eigenvalue weighted by Gasteiger charge is 2.14.